The number of nitrogens with one attached hydrogen (secondary N) is 1. The molecule has 0 aliphatic heterocycles. The monoisotopic (exact) mass is 341 g/mol. The van der Waals surface area contributed by atoms with Gasteiger partial charge in [0.05, 0.1) is 6.54 Å². The van der Waals surface area contributed by atoms with Crippen LogP contribution in [0, 0.1) is 32.1 Å². The second-order valence-electron chi connectivity index (χ2n) is 6.00. The van der Waals surface area contributed by atoms with Gasteiger partial charge in [-0.25, -0.2) is 0 Å². The summed E-state index contributed by atoms with van der Waals surface area (Å²) in [7, 11) is 1.84. The number of likely N-dealkylation sites (N-methyl/N-ethyl adjacent to an activating group) is 1. The molecule has 6 heteroatoms. The minimum atomic E-state index is -0.233. The van der Waals surface area contributed by atoms with E-state index in [1.807, 2.05) is 43.1 Å². The maximum Gasteiger partial charge on any atom is 0.240 e. The first-order valence-electron chi connectivity index (χ1n) is 8.09. The summed E-state index contributed by atoms with van der Waals surface area (Å²) >= 11 is 0. The topological polar surface area (TPSA) is 78.5 Å². The lowest BCUT2D eigenvalue weighted by atomic mass is 10.2. The summed E-state index contributed by atoms with van der Waals surface area (Å²) in [6.07, 6.45) is 0. The zero-order chi connectivity index (χ0) is 18.4. The summed E-state index contributed by atoms with van der Waals surface area (Å²) in [5.74, 6) is 1.46. The van der Waals surface area contributed by atoms with Crippen LogP contribution in [-0.2, 0) is 4.79 Å². The molecule has 0 bridgehead atoms. The van der Waals surface area contributed by atoms with Crippen LogP contribution in [0.2, 0.25) is 0 Å². The van der Waals surface area contributed by atoms with Crippen molar-refractivity contribution in [3.8, 4) is 11.8 Å². The predicted molar refractivity (Wildman–Crippen MR) is 95.7 cm³/mol. The second kappa shape index (κ2) is 8.36. The molecule has 0 saturated carbocycles. The summed E-state index contributed by atoms with van der Waals surface area (Å²) < 4.78 is 11.2. The summed E-state index contributed by atoms with van der Waals surface area (Å²) in [4.78, 5) is 14.0. The Hall–Kier alpha value is -2.78. The lowest BCUT2D eigenvalue weighted by Gasteiger charge is -2.16. The molecule has 1 aromatic heterocycles. The van der Waals surface area contributed by atoms with E-state index in [0.29, 0.717) is 24.5 Å². The third-order valence-electron chi connectivity index (χ3n) is 3.99. The van der Waals surface area contributed by atoms with E-state index in [9.17, 15) is 4.79 Å². The van der Waals surface area contributed by atoms with Crippen molar-refractivity contribution in [2.75, 3.05) is 32.1 Å². The summed E-state index contributed by atoms with van der Waals surface area (Å²) in [5, 5.41) is 11.8. The molecule has 1 N–H and O–H groups in total. The van der Waals surface area contributed by atoms with Crippen LogP contribution >= 0.6 is 0 Å². The summed E-state index contributed by atoms with van der Waals surface area (Å²) in [6, 6.07) is 9.87. The Morgan fingerprint density at radius 3 is 2.72 bits per heavy atom. The number of nitriles is 1. The van der Waals surface area contributed by atoms with E-state index >= 15 is 0 Å². The van der Waals surface area contributed by atoms with Gasteiger partial charge in [0.25, 0.3) is 0 Å². The lowest BCUT2D eigenvalue weighted by molar-refractivity contribution is -0.117. The fourth-order valence-corrected chi connectivity index (χ4v) is 2.37. The van der Waals surface area contributed by atoms with Gasteiger partial charge >= 0.3 is 0 Å². The minimum absolute atomic E-state index is 0.181. The molecule has 2 rings (SSSR count). The number of benzene rings is 1. The van der Waals surface area contributed by atoms with E-state index in [4.69, 9.17) is 14.4 Å². The van der Waals surface area contributed by atoms with Crippen molar-refractivity contribution in [3.63, 3.8) is 0 Å². The predicted octanol–water partition coefficient (Wildman–Crippen LogP) is 3.03. The number of aryl methyl sites for hydroxylation is 2. The third-order valence-corrected chi connectivity index (χ3v) is 3.99. The molecule has 0 spiro atoms. The molecule has 132 valence electrons. The Morgan fingerprint density at radius 2 is 2.04 bits per heavy atom. The van der Waals surface area contributed by atoms with Crippen molar-refractivity contribution < 1.29 is 13.9 Å². The van der Waals surface area contributed by atoms with Crippen molar-refractivity contribution in [1.82, 2.24) is 4.90 Å². The summed E-state index contributed by atoms with van der Waals surface area (Å²) in [5.41, 5.74) is 2.20. The fraction of sp³-hybridized carbons (Fsp3) is 0.368. The normalized spacial score (nSPS) is 10.6. The zero-order valence-corrected chi connectivity index (χ0v) is 15.0. The largest absolute Gasteiger partial charge is 0.492 e. The molecule has 0 unspecified atom stereocenters. The van der Waals surface area contributed by atoms with Crippen LogP contribution in [0.25, 0.3) is 0 Å². The lowest BCUT2D eigenvalue weighted by Crippen LogP contribution is -2.33. The number of carbonyl (C=O) groups excluding carboxylic acids is 1. The van der Waals surface area contributed by atoms with Crippen molar-refractivity contribution >= 4 is 11.8 Å². The highest BCUT2D eigenvalue weighted by atomic mass is 16.5. The van der Waals surface area contributed by atoms with Gasteiger partial charge in [-0.15, -0.1) is 0 Å². The maximum atomic E-state index is 12.1. The third kappa shape index (κ3) is 4.85. The van der Waals surface area contributed by atoms with Gasteiger partial charge in [0.2, 0.25) is 11.8 Å². The molecule has 0 atom stereocenters. The smallest absolute Gasteiger partial charge is 0.240 e. The zero-order valence-electron chi connectivity index (χ0n) is 15.0. The van der Waals surface area contributed by atoms with E-state index in [1.54, 1.807) is 13.8 Å². The Labute approximate surface area is 148 Å². The first-order valence-corrected chi connectivity index (χ1v) is 8.09. The number of anilines is 1. The average molecular weight is 341 g/mol. The highest BCUT2D eigenvalue weighted by Gasteiger charge is 2.17. The van der Waals surface area contributed by atoms with E-state index in [-0.39, 0.29) is 18.3 Å². The molecule has 2 aromatic rings. The molecular formula is C19H23N3O3. The van der Waals surface area contributed by atoms with Crippen molar-refractivity contribution in [2.45, 2.75) is 20.8 Å². The summed E-state index contributed by atoms with van der Waals surface area (Å²) in [6.45, 7) is 6.82. The van der Waals surface area contributed by atoms with Crippen molar-refractivity contribution in [3.05, 3.63) is 46.7 Å². The van der Waals surface area contributed by atoms with Gasteiger partial charge in [0.15, 0.2) is 0 Å². The average Bonchev–Trinajstić information content (AvgIpc) is 2.82. The number of hydrogen-bond donors (Lipinski definition) is 1. The highest BCUT2D eigenvalue weighted by molar-refractivity contribution is 5.92. The van der Waals surface area contributed by atoms with E-state index in [2.05, 4.69) is 11.4 Å². The molecule has 0 saturated heterocycles. The Balaban J connectivity index is 1.82. The van der Waals surface area contributed by atoms with E-state index in [1.165, 1.54) is 0 Å². The van der Waals surface area contributed by atoms with E-state index in [0.717, 1.165) is 16.9 Å². The van der Waals surface area contributed by atoms with Crippen molar-refractivity contribution in [1.29, 1.82) is 5.26 Å². The SMILES string of the molecule is Cc1ccccc1OCCN(C)CC(=O)Nc1oc(C)c(C)c1C#N. The number of hydrogen-bond acceptors (Lipinski definition) is 5. The Morgan fingerprint density at radius 1 is 1.32 bits per heavy atom. The molecule has 1 amide bonds. The number of nitrogens with zero attached hydrogens (tertiary/aromatic N) is 2. The molecular weight excluding hydrogens is 318 g/mol. The number of rotatable bonds is 7. The number of amides is 1. The Kier molecular flexibility index (Phi) is 6.20. The van der Waals surface area contributed by atoms with Gasteiger partial charge in [-0.1, -0.05) is 18.2 Å². The van der Waals surface area contributed by atoms with Gasteiger partial charge in [-0.05, 0) is 39.4 Å². The van der Waals surface area contributed by atoms with Crippen LogP contribution in [0.1, 0.15) is 22.5 Å². The van der Waals surface area contributed by atoms with Crippen LogP contribution in [0.5, 0.6) is 5.75 Å². The fourth-order valence-electron chi connectivity index (χ4n) is 2.37. The van der Waals surface area contributed by atoms with Gasteiger partial charge in [-0.3, -0.25) is 15.0 Å². The first kappa shape index (κ1) is 18.6. The molecule has 25 heavy (non-hydrogen) atoms. The van der Waals surface area contributed by atoms with Crippen LogP contribution in [0.15, 0.2) is 28.7 Å². The van der Waals surface area contributed by atoms with Crippen LogP contribution in [0.3, 0.4) is 0 Å². The van der Waals surface area contributed by atoms with Crippen LogP contribution in [-0.4, -0.2) is 37.6 Å². The van der Waals surface area contributed by atoms with Gasteiger partial charge in [0, 0.05) is 12.1 Å². The maximum absolute atomic E-state index is 12.1. The van der Waals surface area contributed by atoms with Crippen LogP contribution < -0.4 is 10.1 Å². The Bertz CT molecular complexity index is 790. The number of ether oxygens (including phenoxy) is 1. The molecule has 1 aromatic carbocycles. The molecule has 0 radical (unpaired) electrons. The quantitative estimate of drug-likeness (QED) is 0.837. The molecule has 1 heterocycles. The second-order valence-corrected chi connectivity index (χ2v) is 6.00. The molecule has 6 nitrogen and oxygen atoms in total. The highest BCUT2D eigenvalue weighted by Crippen LogP contribution is 2.25. The van der Waals surface area contributed by atoms with Gasteiger partial charge in [-0.2, -0.15) is 5.26 Å². The van der Waals surface area contributed by atoms with Gasteiger partial charge in [0.1, 0.15) is 29.7 Å². The number of para-hydroxylation sites is 1. The number of furan rings is 1. The molecule has 0 fully saturated rings. The van der Waals surface area contributed by atoms with Crippen molar-refractivity contribution in [2.24, 2.45) is 0 Å². The standard InChI is InChI=1S/C19H23N3O3/c1-13-7-5-6-8-17(13)24-10-9-22(4)12-18(23)21-19-16(11-20)14(2)15(3)25-19/h5-8H,9-10,12H2,1-4H3,(H,21,23). The van der Waals surface area contributed by atoms with Gasteiger partial charge < -0.3 is 9.15 Å². The molecule has 0 aliphatic rings. The molecule has 0 aliphatic carbocycles. The number of carbonyl (C=O) groups is 1. The minimum Gasteiger partial charge on any atom is -0.492 e. The van der Waals surface area contributed by atoms with Crippen LogP contribution in [0.4, 0.5) is 5.88 Å². The first-order chi connectivity index (χ1) is 11.9. The van der Waals surface area contributed by atoms with E-state index < -0.39 is 0 Å².